The average molecular weight is 197 g/mol. The summed E-state index contributed by atoms with van der Waals surface area (Å²) in [5, 5.41) is 13.2. The quantitative estimate of drug-likeness (QED) is 0.723. The number of thiophene rings is 1. The third kappa shape index (κ3) is 3.29. The highest BCUT2D eigenvalue weighted by Gasteiger charge is 1.96. The number of rotatable bonds is 4. The van der Waals surface area contributed by atoms with Crippen LogP contribution < -0.4 is 5.32 Å². The van der Waals surface area contributed by atoms with E-state index in [1.54, 1.807) is 11.3 Å². The zero-order chi connectivity index (χ0) is 9.68. The lowest BCUT2D eigenvalue weighted by Gasteiger charge is -1.98. The Bertz CT molecular complexity index is 317. The molecule has 3 nitrogen and oxygen atoms in total. The summed E-state index contributed by atoms with van der Waals surface area (Å²) in [5.41, 5.74) is 1.24. The van der Waals surface area contributed by atoms with E-state index in [9.17, 15) is 4.79 Å². The average Bonchev–Trinajstić information content (AvgIpc) is 2.45. The number of hydrogen-bond donors (Lipinski definition) is 2. The zero-order valence-electron chi connectivity index (χ0n) is 7.28. The monoisotopic (exact) mass is 197 g/mol. The smallest absolute Gasteiger partial charge is 0.329 e. The molecule has 13 heavy (non-hydrogen) atoms. The highest BCUT2D eigenvalue weighted by atomic mass is 32.1. The molecule has 0 aromatic carbocycles. The first kappa shape index (κ1) is 9.80. The minimum absolute atomic E-state index is 0.688. The van der Waals surface area contributed by atoms with E-state index >= 15 is 0 Å². The number of nitrogens with one attached hydrogen (secondary N) is 1. The van der Waals surface area contributed by atoms with Crippen LogP contribution in [0.25, 0.3) is 0 Å². The molecule has 1 aromatic heterocycles. The Balaban J connectivity index is 2.36. The Morgan fingerprint density at radius 2 is 2.54 bits per heavy atom. The third-order valence-corrected chi connectivity index (χ3v) is 2.60. The molecule has 0 bridgehead atoms. The number of hydrogen-bond acceptors (Lipinski definition) is 3. The largest absolute Gasteiger partial charge is 0.478 e. The van der Waals surface area contributed by atoms with Crippen LogP contribution in [-0.2, 0) is 11.3 Å². The Morgan fingerprint density at radius 3 is 3.08 bits per heavy atom. The highest BCUT2D eigenvalue weighted by molar-refractivity contribution is 7.10. The van der Waals surface area contributed by atoms with Gasteiger partial charge in [-0.1, -0.05) is 0 Å². The predicted octanol–water partition coefficient (Wildman–Crippen LogP) is 1.74. The van der Waals surface area contributed by atoms with Crippen molar-refractivity contribution in [2.75, 3.05) is 0 Å². The van der Waals surface area contributed by atoms with Gasteiger partial charge in [0.25, 0.3) is 0 Å². The summed E-state index contributed by atoms with van der Waals surface area (Å²) >= 11 is 1.66. The van der Waals surface area contributed by atoms with Crippen molar-refractivity contribution in [3.63, 3.8) is 0 Å². The second-order valence-corrected chi connectivity index (χ2v) is 3.58. The maximum absolute atomic E-state index is 10.1. The molecule has 0 amide bonds. The third-order valence-electron chi connectivity index (χ3n) is 1.57. The van der Waals surface area contributed by atoms with E-state index in [-0.39, 0.29) is 0 Å². The minimum atomic E-state index is -0.935. The Labute approximate surface area is 80.7 Å². The van der Waals surface area contributed by atoms with Crippen molar-refractivity contribution in [2.45, 2.75) is 13.5 Å². The van der Waals surface area contributed by atoms with Gasteiger partial charge in [0.1, 0.15) is 0 Å². The molecule has 1 heterocycles. The summed E-state index contributed by atoms with van der Waals surface area (Å²) in [4.78, 5) is 11.3. The van der Waals surface area contributed by atoms with Gasteiger partial charge in [-0.3, -0.25) is 0 Å². The maximum atomic E-state index is 10.1. The van der Waals surface area contributed by atoms with E-state index in [1.165, 1.54) is 16.6 Å². The van der Waals surface area contributed by atoms with E-state index in [0.29, 0.717) is 6.54 Å². The lowest BCUT2D eigenvalue weighted by atomic mass is 10.3. The molecule has 0 atom stereocenters. The van der Waals surface area contributed by atoms with Crippen molar-refractivity contribution in [2.24, 2.45) is 0 Å². The van der Waals surface area contributed by atoms with Gasteiger partial charge in [0, 0.05) is 23.7 Å². The summed E-state index contributed by atoms with van der Waals surface area (Å²) in [7, 11) is 0. The summed E-state index contributed by atoms with van der Waals surface area (Å²) < 4.78 is 0. The van der Waals surface area contributed by atoms with Gasteiger partial charge in [-0.25, -0.2) is 4.79 Å². The van der Waals surface area contributed by atoms with Gasteiger partial charge in [0.15, 0.2) is 0 Å². The van der Waals surface area contributed by atoms with Crippen LogP contribution in [0.4, 0.5) is 0 Å². The molecule has 0 saturated carbocycles. The molecule has 4 heteroatoms. The van der Waals surface area contributed by atoms with E-state index in [2.05, 4.69) is 5.32 Å². The minimum Gasteiger partial charge on any atom is -0.478 e. The molecule has 70 valence electrons. The number of aliphatic carboxylic acids is 1. The number of carbonyl (C=O) groups is 1. The molecule has 0 aliphatic rings. The van der Waals surface area contributed by atoms with Gasteiger partial charge < -0.3 is 10.4 Å². The van der Waals surface area contributed by atoms with Gasteiger partial charge in [-0.2, -0.15) is 0 Å². The van der Waals surface area contributed by atoms with E-state index in [4.69, 9.17) is 5.11 Å². The topological polar surface area (TPSA) is 49.3 Å². The SMILES string of the molecule is Cc1ccsc1CN/C=C/C(=O)O. The first-order valence-corrected chi connectivity index (χ1v) is 4.74. The molecule has 0 saturated heterocycles. The molecule has 0 aliphatic heterocycles. The predicted molar refractivity (Wildman–Crippen MR) is 52.7 cm³/mol. The number of carboxylic acids is 1. The molecule has 1 rings (SSSR count). The lowest BCUT2D eigenvalue weighted by molar-refractivity contribution is -0.131. The summed E-state index contributed by atoms with van der Waals surface area (Å²) in [6, 6.07) is 2.04. The first-order chi connectivity index (χ1) is 6.20. The van der Waals surface area contributed by atoms with E-state index < -0.39 is 5.97 Å². The Hall–Kier alpha value is -1.29. The van der Waals surface area contributed by atoms with Gasteiger partial charge >= 0.3 is 5.97 Å². The molecule has 0 aliphatic carbocycles. The van der Waals surface area contributed by atoms with Crippen LogP contribution in [0.15, 0.2) is 23.7 Å². The van der Waals surface area contributed by atoms with Crippen LogP contribution in [0.5, 0.6) is 0 Å². The summed E-state index contributed by atoms with van der Waals surface area (Å²) in [6.45, 7) is 2.72. The van der Waals surface area contributed by atoms with Crippen LogP contribution >= 0.6 is 11.3 Å². The molecule has 0 fully saturated rings. The van der Waals surface area contributed by atoms with Crippen LogP contribution in [0, 0.1) is 6.92 Å². The Morgan fingerprint density at radius 1 is 1.77 bits per heavy atom. The van der Waals surface area contributed by atoms with E-state index in [1.807, 2.05) is 18.4 Å². The van der Waals surface area contributed by atoms with Crippen molar-refractivity contribution < 1.29 is 9.90 Å². The van der Waals surface area contributed by atoms with Gasteiger partial charge in [-0.15, -0.1) is 11.3 Å². The van der Waals surface area contributed by atoms with E-state index in [0.717, 1.165) is 6.08 Å². The van der Waals surface area contributed by atoms with Crippen molar-refractivity contribution >= 4 is 17.3 Å². The first-order valence-electron chi connectivity index (χ1n) is 3.86. The van der Waals surface area contributed by atoms with Crippen molar-refractivity contribution in [3.8, 4) is 0 Å². The fraction of sp³-hybridized carbons (Fsp3) is 0.222. The number of carboxylic acid groups (broad SMARTS) is 1. The number of aryl methyl sites for hydroxylation is 1. The summed E-state index contributed by atoms with van der Waals surface area (Å²) in [5.74, 6) is -0.935. The van der Waals surface area contributed by atoms with Crippen LogP contribution in [-0.4, -0.2) is 11.1 Å². The fourth-order valence-electron chi connectivity index (χ4n) is 0.867. The van der Waals surface area contributed by atoms with Gasteiger partial charge in [0.05, 0.1) is 0 Å². The second kappa shape index (κ2) is 4.67. The summed E-state index contributed by atoms with van der Waals surface area (Å²) in [6.07, 6.45) is 2.53. The van der Waals surface area contributed by atoms with Crippen molar-refractivity contribution in [3.05, 3.63) is 34.2 Å². The lowest BCUT2D eigenvalue weighted by Crippen LogP contribution is -2.04. The van der Waals surface area contributed by atoms with Gasteiger partial charge in [0.2, 0.25) is 0 Å². The molecular formula is C9H11NO2S. The normalized spacial score (nSPS) is 10.5. The zero-order valence-corrected chi connectivity index (χ0v) is 8.10. The molecule has 1 aromatic rings. The molecule has 0 radical (unpaired) electrons. The van der Waals surface area contributed by atoms with Crippen LogP contribution in [0.2, 0.25) is 0 Å². The molecular weight excluding hydrogens is 186 g/mol. The van der Waals surface area contributed by atoms with Gasteiger partial charge in [-0.05, 0) is 23.9 Å². The van der Waals surface area contributed by atoms with Crippen LogP contribution in [0.3, 0.4) is 0 Å². The maximum Gasteiger partial charge on any atom is 0.329 e. The molecule has 2 N–H and O–H groups in total. The fourth-order valence-corrected chi connectivity index (χ4v) is 1.72. The van der Waals surface area contributed by atoms with Crippen molar-refractivity contribution in [1.82, 2.24) is 5.32 Å². The van der Waals surface area contributed by atoms with Crippen LogP contribution in [0.1, 0.15) is 10.4 Å². The second-order valence-electron chi connectivity index (χ2n) is 2.58. The molecule has 0 unspecified atom stereocenters. The standard InChI is InChI=1S/C9H11NO2S/c1-7-3-5-13-8(7)6-10-4-2-9(11)12/h2-5,10H,6H2,1H3,(H,11,12)/b4-2+. The Kier molecular flexibility index (Phi) is 3.52. The molecule has 0 spiro atoms. The van der Waals surface area contributed by atoms with Crippen molar-refractivity contribution in [1.29, 1.82) is 0 Å². The highest BCUT2D eigenvalue weighted by Crippen LogP contribution is 2.14.